The highest BCUT2D eigenvalue weighted by atomic mass is 32.2. The zero-order valence-electron chi connectivity index (χ0n) is 14.1. The number of sulfone groups is 1. The highest BCUT2D eigenvalue weighted by Crippen LogP contribution is 2.39. The first-order chi connectivity index (χ1) is 12.3. The minimum atomic E-state index is -3.07. The van der Waals surface area contributed by atoms with Gasteiger partial charge in [-0.3, -0.25) is 9.59 Å². The summed E-state index contributed by atoms with van der Waals surface area (Å²) in [6, 6.07) is 9.45. The van der Waals surface area contributed by atoms with Gasteiger partial charge in [0.1, 0.15) is 0 Å². The van der Waals surface area contributed by atoms with Crippen LogP contribution >= 0.6 is 11.8 Å². The molecule has 2 aliphatic heterocycles. The molecule has 2 heterocycles. The lowest BCUT2D eigenvalue weighted by atomic mass is 10.1. The largest absolute Gasteiger partial charge is 0.481 e. The molecular weight excluding hydrogens is 376 g/mol. The molecule has 7 nitrogen and oxygen atoms in total. The SMILES string of the molecule is O=C(O)CCCC(=O)N=C1S[C@H]2CS(=O)(=O)C[C@@H]2N1Cc1ccccc1. The van der Waals surface area contributed by atoms with Crippen LogP contribution in [0.3, 0.4) is 0 Å². The number of amides is 1. The zero-order valence-corrected chi connectivity index (χ0v) is 15.7. The van der Waals surface area contributed by atoms with Gasteiger partial charge in [-0.2, -0.15) is 4.99 Å². The van der Waals surface area contributed by atoms with Crippen LogP contribution < -0.4 is 0 Å². The molecule has 0 aromatic heterocycles. The van der Waals surface area contributed by atoms with Crippen molar-refractivity contribution in [1.82, 2.24) is 4.90 Å². The third kappa shape index (κ3) is 4.64. The number of nitrogens with zero attached hydrogens (tertiary/aromatic N) is 2. The van der Waals surface area contributed by atoms with Crippen LogP contribution in [0.5, 0.6) is 0 Å². The maximum Gasteiger partial charge on any atom is 0.303 e. The average molecular weight is 396 g/mol. The molecule has 1 aromatic rings. The van der Waals surface area contributed by atoms with Crippen LogP contribution in [0, 0.1) is 0 Å². The molecule has 9 heteroatoms. The number of aliphatic imine (C=N–C) groups is 1. The van der Waals surface area contributed by atoms with Crippen molar-refractivity contribution in [2.75, 3.05) is 11.5 Å². The predicted molar refractivity (Wildman–Crippen MR) is 99.7 cm³/mol. The van der Waals surface area contributed by atoms with Gasteiger partial charge >= 0.3 is 5.97 Å². The van der Waals surface area contributed by atoms with Gasteiger partial charge in [0, 0.05) is 24.6 Å². The van der Waals surface area contributed by atoms with Gasteiger partial charge in [0.15, 0.2) is 15.0 Å². The molecule has 0 aliphatic carbocycles. The van der Waals surface area contributed by atoms with Gasteiger partial charge in [-0.05, 0) is 12.0 Å². The van der Waals surface area contributed by atoms with Crippen molar-refractivity contribution in [2.45, 2.75) is 37.1 Å². The summed E-state index contributed by atoms with van der Waals surface area (Å²) >= 11 is 1.34. The van der Waals surface area contributed by atoms with E-state index in [1.165, 1.54) is 11.8 Å². The number of aliphatic carboxylic acids is 1. The van der Waals surface area contributed by atoms with Crippen molar-refractivity contribution in [3.63, 3.8) is 0 Å². The second-order valence-electron chi connectivity index (χ2n) is 6.45. The number of thioether (sulfide) groups is 1. The number of carbonyl (C=O) groups is 2. The molecule has 1 aromatic carbocycles. The number of carboxylic acids is 1. The number of carboxylic acid groups (broad SMARTS) is 1. The zero-order chi connectivity index (χ0) is 18.7. The van der Waals surface area contributed by atoms with E-state index in [0.29, 0.717) is 11.7 Å². The number of hydrogen-bond donors (Lipinski definition) is 1. The van der Waals surface area contributed by atoms with Crippen molar-refractivity contribution >= 4 is 38.6 Å². The molecular formula is C17H20N2O5S2. The van der Waals surface area contributed by atoms with Crippen LogP contribution in [-0.4, -0.2) is 58.3 Å². The van der Waals surface area contributed by atoms with E-state index in [1.54, 1.807) is 0 Å². The molecule has 0 spiro atoms. The minimum Gasteiger partial charge on any atom is -0.481 e. The molecule has 140 valence electrons. The van der Waals surface area contributed by atoms with Crippen LogP contribution in [0.25, 0.3) is 0 Å². The molecule has 2 atom stereocenters. The summed E-state index contributed by atoms with van der Waals surface area (Å²) < 4.78 is 23.9. The van der Waals surface area contributed by atoms with Crippen LogP contribution in [0.4, 0.5) is 0 Å². The van der Waals surface area contributed by atoms with E-state index in [1.807, 2.05) is 35.2 Å². The average Bonchev–Trinajstić information content (AvgIpc) is 3.01. The van der Waals surface area contributed by atoms with Crippen LogP contribution in [-0.2, 0) is 26.0 Å². The third-order valence-corrected chi connectivity index (χ3v) is 7.62. The predicted octanol–water partition coefficient (Wildman–Crippen LogP) is 1.54. The first kappa shape index (κ1) is 18.9. The molecule has 2 aliphatic rings. The number of hydrogen-bond acceptors (Lipinski definition) is 5. The monoisotopic (exact) mass is 396 g/mol. The Balaban J connectivity index is 1.76. The Morgan fingerprint density at radius 2 is 1.92 bits per heavy atom. The summed E-state index contributed by atoms with van der Waals surface area (Å²) in [5, 5.41) is 9.08. The van der Waals surface area contributed by atoms with E-state index in [4.69, 9.17) is 5.11 Å². The lowest BCUT2D eigenvalue weighted by molar-refractivity contribution is -0.137. The molecule has 3 rings (SSSR count). The normalized spacial score (nSPS) is 25.4. The minimum absolute atomic E-state index is 0.0685. The smallest absolute Gasteiger partial charge is 0.303 e. The number of fused-ring (bicyclic) bond motifs is 1. The number of amidine groups is 1. The number of carbonyl (C=O) groups excluding carboxylic acids is 1. The van der Waals surface area contributed by atoms with Crippen molar-refractivity contribution in [2.24, 2.45) is 4.99 Å². The Labute approximate surface area is 156 Å². The van der Waals surface area contributed by atoms with Gasteiger partial charge in [-0.1, -0.05) is 42.1 Å². The van der Waals surface area contributed by atoms with Crippen molar-refractivity contribution < 1.29 is 23.1 Å². The van der Waals surface area contributed by atoms with E-state index in [9.17, 15) is 18.0 Å². The summed E-state index contributed by atoms with van der Waals surface area (Å²) in [4.78, 5) is 28.7. The number of rotatable bonds is 6. The lowest BCUT2D eigenvalue weighted by Gasteiger charge is -2.24. The third-order valence-electron chi connectivity index (χ3n) is 4.37. The van der Waals surface area contributed by atoms with Crippen molar-refractivity contribution in [1.29, 1.82) is 0 Å². The summed E-state index contributed by atoms with van der Waals surface area (Å²) in [6.07, 6.45) is 0.250. The van der Waals surface area contributed by atoms with E-state index in [-0.39, 0.29) is 48.0 Å². The van der Waals surface area contributed by atoms with Gasteiger partial charge < -0.3 is 10.0 Å². The Kier molecular flexibility index (Phi) is 5.67. The van der Waals surface area contributed by atoms with Gasteiger partial charge in [-0.25, -0.2) is 8.42 Å². The van der Waals surface area contributed by atoms with E-state index in [2.05, 4.69) is 4.99 Å². The second kappa shape index (κ2) is 7.79. The van der Waals surface area contributed by atoms with E-state index >= 15 is 0 Å². The molecule has 1 amide bonds. The molecule has 0 bridgehead atoms. The van der Waals surface area contributed by atoms with Gasteiger partial charge in [0.2, 0.25) is 5.91 Å². The maximum atomic E-state index is 12.1. The van der Waals surface area contributed by atoms with Crippen molar-refractivity contribution in [3.8, 4) is 0 Å². The highest BCUT2D eigenvalue weighted by Gasteiger charge is 2.48. The maximum absolute atomic E-state index is 12.1. The van der Waals surface area contributed by atoms with E-state index < -0.39 is 15.8 Å². The first-order valence-corrected chi connectivity index (χ1v) is 11.0. The summed E-state index contributed by atoms with van der Waals surface area (Å²) in [7, 11) is -3.07. The Morgan fingerprint density at radius 3 is 2.62 bits per heavy atom. The molecule has 2 saturated heterocycles. The molecule has 1 N–H and O–H groups in total. The quantitative estimate of drug-likeness (QED) is 0.778. The topological polar surface area (TPSA) is 104 Å². The Morgan fingerprint density at radius 1 is 1.19 bits per heavy atom. The Bertz CT molecular complexity index is 823. The van der Waals surface area contributed by atoms with Crippen molar-refractivity contribution in [3.05, 3.63) is 35.9 Å². The highest BCUT2D eigenvalue weighted by molar-refractivity contribution is 8.15. The molecule has 0 radical (unpaired) electrons. The van der Waals surface area contributed by atoms with Crippen LogP contribution in [0.1, 0.15) is 24.8 Å². The molecule has 2 fully saturated rings. The fourth-order valence-corrected chi connectivity index (χ4v) is 7.12. The summed E-state index contributed by atoms with van der Waals surface area (Å²) in [6.45, 7) is 0.492. The number of benzene rings is 1. The molecule has 0 saturated carbocycles. The Hall–Kier alpha value is -1.87. The van der Waals surface area contributed by atoms with E-state index in [0.717, 1.165) is 5.56 Å². The lowest BCUT2D eigenvalue weighted by Crippen LogP contribution is -2.37. The van der Waals surface area contributed by atoms with Gasteiger partial charge in [0.05, 0.1) is 17.5 Å². The fraction of sp³-hybridized carbons (Fsp3) is 0.471. The fourth-order valence-electron chi connectivity index (χ4n) is 3.15. The molecule has 0 unspecified atom stereocenters. The summed E-state index contributed by atoms with van der Waals surface area (Å²) in [5.41, 5.74) is 1.02. The summed E-state index contributed by atoms with van der Waals surface area (Å²) in [5.74, 6) is -1.13. The van der Waals surface area contributed by atoms with Gasteiger partial charge in [0.25, 0.3) is 0 Å². The van der Waals surface area contributed by atoms with Crippen LogP contribution in [0.2, 0.25) is 0 Å². The first-order valence-electron chi connectivity index (χ1n) is 8.35. The molecule has 26 heavy (non-hydrogen) atoms. The standard InChI is InChI=1S/C17H20N2O5S2/c20-15(7-4-8-16(21)22)18-17-19(9-12-5-2-1-3-6-12)13-10-26(23,24)11-14(13)25-17/h1-3,5-6,13-14H,4,7-11H2,(H,21,22)/t13-,14-/m0/s1. The second-order valence-corrected chi connectivity index (χ2v) is 9.81. The van der Waals surface area contributed by atoms with Crippen LogP contribution in [0.15, 0.2) is 35.3 Å². The van der Waals surface area contributed by atoms with Gasteiger partial charge in [-0.15, -0.1) is 0 Å².